The van der Waals surface area contributed by atoms with Gasteiger partial charge in [-0.25, -0.2) is 0 Å². The van der Waals surface area contributed by atoms with Crippen molar-refractivity contribution >= 4 is 29.9 Å². The van der Waals surface area contributed by atoms with Crippen molar-refractivity contribution in [2.45, 2.75) is 39.3 Å². The van der Waals surface area contributed by atoms with Crippen molar-refractivity contribution in [1.82, 2.24) is 15.5 Å². The first-order chi connectivity index (χ1) is 15.1. The van der Waals surface area contributed by atoms with E-state index in [2.05, 4.69) is 34.4 Å². The van der Waals surface area contributed by atoms with Crippen molar-refractivity contribution < 1.29 is 18.9 Å². The van der Waals surface area contributed by atoms with Gasteiger partial charge in [-0.15, -0.1) is 24.0 Å². The lowest BCUT2D eigenvalue weighted by molar-refractivity contribution is 0.00272. The van der Waals surface area contributed by atoms with Gasteiger partial charge in [-0.05, 0) is 23.6 Å². The molecule has 184 valence electrons. The van der Waals surface area contributed by atoms with E-state index in [1.165, 1.54) is 0 Å². The van der Waals surface area contributed by atoms with Crippen LogP contribution in [0.4, 0.5) is 0 Å². The summed E-state index contributed by atoms with van der Waals surface area (Å²) in [4.78, 5) is 6.97. The third kappa shape index (κ3) is 7.84. The second-order valence-corrected chi connectivity index (χ2v) is 7.63. The maximum atomic E-state index is 5.56. The summed E-state index contributed by atoms with van der Waals surface area (Å²) in [5, 5.41) is 6.94. The molecule has 1 saturated heterocycles. The Balaban J connectivity index is 0.00000512. The van der Waals surface area contributed by atoms with Crippen LogP contribution in [0.2, 0.25) is 0 Å². The number of hydrogen-bond donors (Lipinski definition) is 2. The van der Waals surface area contributed by atoms with Gasteiger partial charge >= 0.3 is 0 Å². The summed E-state index contributed by atoms with van der Waals surface area (Å²) in [7, 11) is 6.65. The number of rotatable bonds is 11. The van der Waals surface area contributed by atoms with Gasteiger partial charge in [0.1, 0.15) is 0 Å². The van der Waals surface area contributed by atoms with Gasteiger partial charge in [-0.2, -0.15) is 0 Å². The summed E-state index contributed by atoms with van der Waals surface area (Å²) < 4.78 is 21.9. The van der Waals surface area contributed by atoms with Gasteiger partial charge in [-0.1, -0.05) is 26.7 Å². The molecule has 8 nitrogen and oxygen atoms in total. The van der Waals surface area contributed by atoms with Crippen LogP contribution >= 0.6 is 24.0 Å². The third-order valence-corrected chi connectivity index (χ3v) is 5.99. The predicted molar refractivity (Wildman–Crippen MR) is 140 cm³/mol. The molecule has 1 fully saturated rings. The van der Waals surface area contributed by atoms with Crippen LogP contribution in [-0.2, 0) is 11.3 Å². The molecule has 2 N–H and O–H groups in total. The number of hydrogen-bond acceptors (Lipinski definition) is 6. The van der Waals surface area contributed by atoms with E-state index in [0.29, 0.717) is 35.8 Å². The minimum Gasteiger partial charge on any atom is -0.493 e. The van der Waals surface area contributed by atoms with Crippen molar-refractivity contribution in [3.63, 3.8) is 0 Å². The van der Waals surface area contributed by atoms with E-state index in [9.17, 15) is 0 Å². The number of ether oxygens (including phenoxy) is 4. The molecule has 1 aliphatic rings. The highest BCUT2D eigenvalue weighted by Crippen LogP contribution is 2.38. The Morgan fingerprint density at radius 2 is 1.62 bits per heavy atom. The second kappa shape index (κ2) is 15.4. The number of guanidine groups is 1. The minimum atomic E-state index is 0. The molecule has 0 aromatic heterocycles. The van der Waals surface area contributed by atoms with Gasteiger partial charge in [0.05, 0.1) is 34.5 Å². The number of benzene rings is 1. The fourth-order valence-electron chi connectivity index (χ4n) is 4.18. The van der Waals surface area contributed by atoms with Crippen LogP contribution in [0.25, 0.3) is 0 Å². The van der Waals surface area contributed by atoms with Crippen molar-refractivity contribution in [3.05, 3.63) is 17.7 Å². The van der Waals surface area contributed by atoms with E-state index in [4.69, 9.17) is 18.9 Å². The maximum absolute atomic E-state index is 5.56. The highest BCUT2D eigenvalue weighted by molar-refractivity contribution is 14.0. The zero-order valence-corrected chi connectivity index (χ0v) is 22.7. The molecule has 0 saturated carbocycles. The summed E-state index contributed by atoms with van der Waals surface area (Å²) in [5.74, 6) is 3.29. The molecule has 1 heterocycles. The average Bonchev–Trinajstić information content (AvgIpc) is 2.83. The molecule has 1 aliphatic heterocycles. The standard InChI is InChI=1S/C23H40N4O4.HI/c1-7-18(8-2)19(27-9-11-31-12-10-27)16-26-23(24-3)25-15-17-13-20(28-4)22(30-6)21(14-17)29-5;/h13-14,18-19H,7-12,15-16H2,1-6H3,(H2,24,25,26);1H. The van der Waals surface area contributed by atoms with E-state index in [-0.39, 0.29) is 24.0 Å². The molecule has 32 heavy (non-hydrogen) atoms. The molecule has 0 bridgehead atoms. The lowest BCUT2D eigenvalue weighted by Crippen LogP contribution is -2.53. The normalized spacial score (nSPS) is 15.7. The number of morpholine rings is 1. The van der Waals surface area contributed by atoms with Gasteiger partial charge in [-0.3, -0.25) is 9.89 Å². The fourth-order valence-corrected chi connectivity index (χ4v) is 4.18. The van der Waals surface area contributed by atoms with E-state index < -0.39 is 0 Å². The Hall–Kier alpha value is -1.46. The number of halogens is 1. The monoisotopic (exact) mass is 564 g/mol. The summed E-state index contributed by atoms with van der Waals surface area (Å²) in [6, 6.07) is 4.35. The van der Waals surface area contributed by atoms with Crippen molar-refractivity contribution in [2.24, 2.45) is 10.9 Å². The number of nitrogens with one attached hydrogen (secondary N) is 2. The van der Waals surface area contributed by atoms with Crippen LogP contribution in [-0.4, -0.2) is 78.1 Å². The first-order valence-corrected chi connectivity index (χ1v) is 11.2. The van der Waals surface area contributed by atoms with E-state index in [1.54, 1.807) is 28.4 Å². The molecule has 0 radical (unpaired) electrons. The summed E-state index contributed by atoms with van der Waals surface area (Å²) in [6.07, 6.45) is 2.33. The average molecular weight is 565 g/mol. The Bertz CT molecular complexity index is 670. The first kappa shape index (κ1) is 28.6. The zero-order valence-electron chi connectivity index (χ0n) is 20.4. The van der Waals surface area contributed by atoms with Crippen molar-refractivity contribution in [2.75, 3.05) is 61.2 Å². The van der Waals surface area contributed by atoms with E-state index in [1.807, 2.05) is 12.1 Å². The molecule has 2 rings (SSSR count). The van der Waals surface area contributed by atoms with Gasteiger partial charge in [0.15, 0.2) is 17.5 Å². The molecule has 1 aromatic rings. The molecular weight excluding hydrogens is 523 g/mol. The molecule has 1 atom stereocenters. The number of nitrogens with zero attached hydrogens (tertiary/aromatic N) is 2. The predicted octanol–water partition coefficient (Wildman–Crippen LogP) is 3.13. The number of methoxy groups -OCH3 is 3. The topological polar surface area (TPSA) is 76.6 Å². The van der Waals surface area contributed by atoms with E-state index in [0.717, 1.165) is 57.2 Å². The van der Waals surface area contributed by atoms with Gasteiger partial charge in [0.2, 0.25) is 5.75 Å². The third-order valence-electron chi connectivity index (χ3n) is 5.99. The highest BCUT2D eigenvalue weighted by atomic mass is 127. The lowest BCUT2D eigenvalue weighted by atomic mass is 9.92. The molecule has 0 aliphatic carbocycles. The van der Waals surface area contributed by atoms with Crippen molar-refractivity contribution in [1.29, 1.82) is 0 Å². The Kier molecular flexibility index (Phi) is 13.7. The minimum absolute atomic E-state index is 0. The molecule has 9 heteroatoms. The van der Waals surface area contributed by atoms with Crippen LogP contribution < -0.4 is 24.8 Å². The summed E-state index contributed by atoms with van der Waals surface area (Å²) in [6.45, 7) is 9.58. The lowest BCUT2D eigenvalue weighted by Gasteiger charge is -2.39. The SMILES string of the molecule is CCC(CC)C(CNC(=NC)NCc1cc(OC)c(OC)c(OC)c1)N1CCOCC1.I. The Labute approximate surface area is 210 Å². The van der Waals surface area contributed by atoms with Gasteiger partial charge in [0.25, 0.3) is 0 Å². The molecule has 0 spiro atoms. The fraction of sp³-hybridized carbons (Fsp3) is 0.696. The summed E-state index contributed by atoms with van der Waals surface area (Å²) in [5.41, 5.74) is 1.02. The molecular formula is C23H41IN4O4. The smallest absolute Gasteiger partial charge is 0.203 e. The van der Waals surface area contributed by atoms with E-state index >= 15 is 0 Å². The van der Waals surface area contributed by atoms with Crippen LogP contribution in [0.3, 0.4) is 0 Å². The molecule has 1 aromatic carbocycles. The Morgan fingerprint density at radius 1 is 1.03 bits per heavy atom. The van der Waals surface area contributed by atoms with Gasteiger partial charge < -0.3 is 29.6 Å². The van der Waals surface area contributed by atoms with Crippen LogP contribution in [0.5, 0.6) is 17.2 Å². The quantitative estimate of drug-likeness (QED) is 0.243. The van der Waals surface area contributed by atoms with Crippen LogP contribution in [0.1, 0.15) is 32.3 Å². The largest absolute Gasteiger partial charge is 0.493 e. The van der Waals surface area contributed by atoms with Gasteiger partial charge in [0, 0.05) is 39.3 Å². The maximum Gasteiger partial charge on any atom is 0.203 e. The number of aliphatic imine (C=N–C) groups is 1. The molecule has 0 amide bonds. The van der Waals surface area contributed by atoms with Crippen molar-refractivity contribution in [3.8, 4) is 17.2 Å². The first-order valence-electron chi connectivity index (χ1n) is 11.2. The molecule has 1 unspecified atom stereocenters. The van der Waals surface area contributed by atoms with Crippen LogP contribution in [0.15, 0.2) is 17.1 Å². The highest BCUT2D eigenvalue weighted by Gasteiger charge is 2.27. The zero-order chi connectivity index (χ0) is 22.6. The van der Waals surface area contributed by atoms with Crippen LogP contribution in [0, 0.1) is 5.92 Å². The second-order valence-electron chi connectivity index (χ2n) is 7.63. The Morgan fingerprint density at radius 3 is 2.09 bits per heavy atom. The summed E-state index contributed by atoms with van der Waals surface area (Å²) >= 11 is 0.